The van der Waals surface area contributed by atoms with Crippen LogP contribution in [0, 0.1) is 5.82 Å². The number of halogens is 7. The van der Waals surface area contributed by atoms with Gasteiger partial charge in [-0.1, -0.05) is 24.3 Å². The second kappa shape index (κ2) is 5.05. The summed E-state index contributed by atoms with van der Waals surface area (Å²) in [5.41, 5.74) is -2.89. The largest absolute Gasteiger partial charge is 0.419 e. The Morgan fingerprint density at radius 1 is 0.667 bits per heavy atom. The highest BCUT2D eigenvalue weighted by molar-refractivity contribution is 5.65. The molecule has 7 heteroatoms. The molecule has 0 aromatic heterocycles. The van der Waals surface area contributed by atoms with E-state index in [0.29, 0.717) is 18.2 Å². The van der Waals surface area contributed by atoms with Crippen LogP contribution in [-0.4, -0.2) is 0 Å². The maximum absolute atomic E-state index is 13.8. The van der Waals surface area contributed by atoms with Gasteiger partial charge in [0.05, 0.1) is 11.1 Å². The molecule has 0 aliphatic carbocycles. The predicted octanol–water partition coefficient (Wildman–Crippen LogP) is 5.53. The minimum Gasteiger partial charge on any atom is -0.206 e. The van der Waals surface area contributed by atoms with Gasteiger partial charge in [-0.15, -0.1) is 0 Å². The van der Waals surface area contributed by atoms with E-state index in [9.17, 15) is 30.7 Å². The summed E-state index contributed by atoms with van der Waals surface area (Å²) >= 11 is 0. The van der Waals surface area contributed by atoms with Crippen LogP contribution in [0.3, 0.4) is 0 Å². The Kier molecular flexibility index (Phi) is 3.69. The summed E-state index contributed by atoms with van der Waals surface area (Å²) < 4.78 is 88.8. The molecule has 21 heavy (non-hydrogen) atoms. The Balaban J connectivity index is 2.48. The van der Waals surface area contributed by atoms with Crippen LogP contribution in [0.15, 0.2) is 42.5 Å². The summed E-state index contributed by atoms with van der Waals surface area (Å²) in [6, 6.07) is 5.89. The summed E-state index contributed by atoms with van der Waals surface area (Å²) in [6.45, 7) is 0. The van der Waals surface area contributed by atoms with Crippen LogP contribution in [0.2, 0.25) is 0 Å². The highest BCUT2D eigenvalue weighted by Gasteiger charge is 2.35. The number of hydrogen-bond donors (Lipinski definition) is 0. The van der Waals surface area contributed by atoms with Gasteiger partial charge >= 0.3 is 12.4 Å². The van der Waals surface area contributed by atoms with Crippen LogP contribution >= 0.6 is 0 Å². The lowest BCUT2D eigenvalue weighted by Gasteiger charge is -2.12. The maximum atomic E-state index is 13.8. The zero-order valence-corrected chi connectivity index (χ0v) is 10.2. The molecule has 0 saturated heterocycles. The molecular formula is C14H7F7. The molecule has 2 rings (SSSR count). The van der Waals surface area contributed by atoms with Gasteiger partial charge in [0.2, 0.25) is 0 Å². The molecule has 0 fully saturated rings. The molecule has 0 amide bonds. The van der Waals surface area contributed by atoms with Gasteiger partial charge in [-0.25, -0.2) is 4.39 Å². The average molecular weight is 308 g/mol. The van der Waals surface area contributed by atoms with E-state index in [-0.39, 0.29) is 5.56 Å². The lowest BCUT2D eigenvalue weighted by molar-refractivity contribution is -0.140. The van der Waals surface area contributed by atoms with E-state index in [0.717, 1.165) is 24.3 Å². The van der Waals surface area contributed by atoms with Crippen LogP contribution in [0.5, 0.6) is 0 Å². The zero-order valence-electron chi connectivity index (χ0n) is 10.2. The summed E-state index contributed by atoms with van der Waals surface area (Å²) in [5.74, 6) is -1.51. The molecule has 0 nitrogen and oxygen atoms in total. The molecule has 0 bridgehead atoms. The SMILES string of the molecule is Fc1c(-c2ccc(C(F)(F)F)cc2)cccc1C(F)(F)F. The van der Waals surface area contributed by atoms with Crippen LogP contribution in [0.4, 0.5) is 30.7 Å². The highest BCUT2D eigenvalue weighted by atomic mass is 19.4. The molecule has 0 atom stereocenters. The number of hydrogen-bond acceptors (Lipinski definition) is 0. The second-order valence-electron chi connectivity index (χ2n) is 4.24. The number of alkyl halides is 6. The van der Waals surface area contributed by atoms with E-state index >= 15 is 0 Å². The van der Waals surface area contributed by atoms with Crippen molar-refractivity contribution < 1.29 is 30.7 Å². The smallest absolute Gasteiger partial charge is 0.206 e. The van der Waals surface area contributed by atoms with Crippen molar-refractivity contribution in [1.29, 1.82) is 0 Å². The molecule has 0 aliphatic heterocycles. The molecule has 2 aromatic rings. The fourth-order valence-electron chi connectivity index (χ4n) is 1.81. The average Bonchev–Trinajstić information content (AvgIpc) is 2.37. The van der Waals surface area contributed by atoms with Gasteiger partial charge in [-0.2, -0.15) is 26.3 Å². The van der Waals surface area contributed by atoms with E-state index in [2.05, 4.69) is 0 Å². The van der Waals surface area contributed by atoms with Crippen LogP contribution in [0.1, 0.15) is 11.1 Å². The van der Waals surface area contributed by atoms with Gasteiger partial charge in [0, 0.05) is 5.56 Å². The van der Waals surface area contributed by atoms with Crippen molar-refractivity contribution in [1.82, 2.24) is 0 Å². The van der Waals surface area contributed by atoms with Gasteiger partial charge in [0.25, 0.3) is 0 Å². The molecule has 2 aromatic carbocycles. The highest BCUT2D eigenvalue weighted by Crippen LogP contribution is 2.36. The van der Waals surface area contributed by atoms with Gasteiger partial charge in [-0.3, -0.25) is 0 Å². The van der Waals surface area contributed by atoms with Crippen molar-refractivity contribution in [2.24, 2.45) is 0 Å². The minimum absolute atomic E-state index is 0.0633. The van der Waals surface area contributed by atoms with E-state index in [1.165, 1.54) is 0 Å². The molecule has 0 unspecified atom stereocenters. The normalized spacial score (nSPS) is 12.5. The fourth-order valence-corrected chi connectivity index (χ4v) is 1.81. The summed E-state index contributed by atoms with van der Waals surface area (Å²) in [4.78, 5) is 0. The summed E-state index contributed by atoms with van der Waals surface area (Å²) in [6.07, 6.45) is -9.43. The first-order valence-corrected chi connectivity index (χ1v) is 5.64. The quantitative estimate of drug-likeness (QED) is 0.608. The van der Waals surface area contributed by atoms with Gasteiger partial charge in [0.1, 0.15) is 5.82 Å². The fraction of sp³-hybridized carbons (Fsp3) is 0.143. The third-order valence-corrected chi connectivity index (χ3v) is 2.83. The Morgan fingerprint density at radius 2 is 1.24 bits per heavy atom. The summed E-state index contributed by atoms with van der Waals surface area (Å²) in [5, 5.41) is 0. The molecular weight excluding hydrogens is 301 g/mol. The van der Waals surface area contributed by atoms with Crippen molar-refractivity contribution in [3.8, 4) is 11.1 Å². The predicted molar refractivity (Wildman–Crippen MR) is 61.8 cm³/mol. The Morgan fingerprint density at radius 3 is 1.71 bits per heavy atom. The first kappa shape index (κ1) is 15.3. The van der Waals surface area contributed by atoms with Crippen molar-refractivity contribution in [3.05, 3.63) is 59.4 Å². The molecule has 0 heterocycles. The molecule has 0 aliphatic rings. The lowest BCUT2D eigenvalue weighted by atomic mass is 10.0. The number of benzene rings is 2. The molecule has 0 spiro atoms. The van der Waals surface area contributed by atoms with E-state index in [4.69, 9.17) is 0 Å². The lowest BCUT2D eigenvalue weighted by Crippen LogP contribution is -2.09. The summed E-state index contributed by atoms with van der Waals surface area (Å²) in [7, 11) is 0. The van der Waals surface area contributed by atoms with Crippen LogP contribution in [-0.2, 0) is 12.4 Å². The van der Waals surface area contributed by atoms with Crippen molar-refractivity contribution in [2.45, 2.75) is 12.4 Å². The van der Waals surface area contributed by atoms with Gasteiger partial charge in [-0.05, 0) is 23.8 Å². The Bertz CT molecular complexity index is 636. The van der Waals surface area contributed by atoms with E-state index < -0.39 is 34.9 Å². The molecule has 0 radical (unpaired) electrons. The zero-order chi connectivity index (χ0) is 15.8. The topological polar surface area (TPSA) is 0 Å². The first-order valence-electron chi connectivity index (χ1n) is 5.64. The first-order chi connectivity index (χ1) is 9.60. The van der Waals surface area contributed by atoms with Crippen LogP contribution < -0.4 is 0 Å². The van der Waals surface area contributed by atoms with Gasteiger partial charge in [0.15, 0.2) is 0 Å². The van der Waals surface area contributed by atoms with Crippen molar-refractivity contribution in [2.75, 3.05) is 0 Å². The third-order valence-electron chi connectivity index (χ3n) is 2.83. The maximum Gasteiger partial charge on any atom is 0.419 e. The Hall–Kier alpha value is -2.05. The van der Waals surface area contributed by atoms with Gasteiger partial charge < -0.3 is 0 Å². The minimum atomic E-state index is -4.87. The third kappa shape index (κ3) is 3.17. The molecule has 0 saturated carbocycles. The molecule has 0 N–H and O–H groups in total. The van der Waals surface area contributed by atoms with E-state index in [1.54, 1.807) is 0 Å². The second-order valence-corrected chi connectivity index (χ2v) is 4.24. The van der Waals surface area contributed by atoms with Crippen molar-refractivity contribution in [3.63, 3.8) is 0 Å². The Labute approximate surface area is 114 Å². The standard InChI is InChI=1S/C14H7F7/c15-12-10(2-1-3-11(12)14(19,20)21)8-4-6-9(7-5-8)13(16,17)18/h1-7H. The monoisotopic (exact) mass is 308 g/mol. The molecule has 112 valence electrons. The van der Waals surface area contributed by atoms with Crippen molar-refractivity contribution >= 4 is 0 Å². The van der Waals surface area contributed by atoms with E-state index in [1.807, 2.05) is 0 Å². The van der Waals surface area contributed by atoms with Crippen LogP contribution in [0.25, 0.3) is 11.1 Å². The number of rotatable bonds is 1.